The minimum atomic E-state index is -3.05. The Morgan fingerprint density at radius 2 is 1.17 bits per heavy atom. The highest BCUT2D eigenvalue weighted by Crippen LogP contribution is 2.40. The number of nitrogens with one attached hydrogen (secondary N) is 3. The van der Waals surface area contributed by atoms with Gasteiger partial charge in [-0.1, -0.05) is 47.5 Å². The number of carboxylic acids is 2. The van der Waals surface area contributed by atoms with E-state index in [-0.39, 0.29) is 81.8 Å². The summed E-state index contributed by atoms with van der Waals surface area (Å²) in [4.78, 5) is 117. The number of piperazine rings is 2. The van der Waals surface area contributed by atoms with E-state index in [2.05, 4.69) is 35.8 Å². The van der Waals surface area contributed by atoms with Gasteiger partial charge in [-0.15, -0.1) is 22.7 Å². The summed E-state index contributed by atoms with van der Waals surface area (Å²) in [5.74, 6) is -4.33. The number of anilines is 2. The summed E-state index contributed by atoms with van der Waals surface area (Å²) in [7, 11) is -1.75. The summed E-state index contributed by atoms with van der Waals surface area (Å²) in [6, 6.07) is 18.1. The van der Waals surface area contributed by atoms with Crippen molar-refractivity contribution in [3.8, 4) is 0 Å². The molecule has 0 spiro atoms. The summed E-state index contributed by atoms with van der Waals surface area (Å²) < 4.78 is 60.8. The van der Waals surface area contributed by atoms with E-state index in [9.17, 15) is 47.4 Å². The number of esters is 2. The molecule has 6 aliphatic rings. The van der Waals surface area contributed by atoms with Crippen LogP contribution in [0.4, 0.5) is 29.7 Å². The van der Waals surface area contributed by atoms with Crippen LogP contribution in [0.2, 0.25) is 10.0 Å². The number of aliphatic imine (C=N–C) groups is 2. The summed E-state index contributed by atoms with van der Waals surface area (Å²) >= 11 is 15.6. The van der Waals surface area contributed by atoms with Crippen molar-refractivity contribution in [1.29, 1.82) is 0 Å². The summed E-state index contributed by atoms with van der Waals surface area (Å²) in [6.45, 7) is 5.69. The Morgan fingerprint density at radius 3 is 1.60 bits per heavy atom. The molecule has 94 heavy (non-hydrogen) atoms. The molecule has 5 amide bonds. The molecule has 6 aliphatic heterocycles. The second-order valence-corrected chi connectivity index (χ2v) is 25.3. The van der Waals surface area contributed by atoms with Gasteiger partial charge in [-0.3, -0.25) is 39.2 Å². The molecular weight excluding hydrogens is 1300 g/mol. The number of ether oxygens (including phenoxy) is 2. The molecule has 5 atom stereocenters. The maximum Gasteiger partial charge on any atom is 0.338 e. The molecule has 8 heterocycles. The number of rotatable bonds is 19. The Hall–Kier alpha value is -9.19. The zero-order valence-corrected chi connectivity index (χ0v) is 53.5. The lowest BCUT2D eigenvalue weighted by molar-refractivity contribution is -0.138. The summed E-state index contributed by atoms with van der Waals surface area (Å²) in [6.07, 6.45) is 3.80. The number of amidine groups is 2. The van der Waals surface area contributed by atoms with Crippen LogP contribution in [0.1, 0.15) is 73.0 Å². The number of aromatic carboxylic acids is 1. The molecule has 24 nitrogen and oxygen atoms in total. The van der Waals surface area contributed by atoms with Crippen LogP contribution in [0.3, 0.4) is 0 Å². The molecule has 6 aromatic rings. The molecule has 2 aromatic heterocycles. The van der Waals surface area contributed by atoms with E-state index in [1.807, 2.05) is 39.4 Å². The van der Waals surface area contributed by atoms with Crippen molar-refractivity contribution in [3.05, 3.63) is 185 Å². The number of hydrogen-bond donors (Lipinski definition) is 5. The number of aromatic nitrogens is 2. The van der Waals surface area contributed by atoms with Crippen LogP contribution in [0, 0.1) is 11.6 Å². The standard InChI is InChI=1S/C35H37ClFN7O6S.C29H26ClFN6O5S/c1-20(15-29(46)47)39-28(45)10-5-21-3-7-23(8-4-21)44-18-24-17-42(12-13-43(24)35(44)49)19-27-30(34(48)50-2)31(25-9-6-22(37)16-26(25)36)41-32(40-27)33-38-11-14-51-33;1-42-28(40)23-22(33-25(26-32-8-11-43-26)34-24(23)20-7-4-17(31)12-21(20)30)15-35-9-10-36-19(13-35)14-37(29(36)41)18-5-2-16(3-6-18)27(38)39/h3-4,6-9,11,14,16,20,24,31H,5,10,12-13,15,17-19H2,1-2H3,(H,39,45)(H,40,41)(H,46,47);2-8,11-12,19,24H,9-10,13-15H2,1H3,(H,33,34)(H,38,39)/t20-,24+,31+;19-,24-/m10/s1/i;1D3. The van der Waals surface area contributed by atoms with Gasteiger partial charge in [-0.25, -0.2) is 42.7 Å². The van der Waals surface area contributed by atoms with Crippen LogP contribution in [0.25, 0.3) is 0 Å². The Balaban J connectivity index is 0.000000198. The number of nitrogens with zero attached hydrogens (tertiary/aromatic N) is 10. The number of thiazole rings is 2. The molecule has 12 rings (SSSR count). The first-order valence-corrected chi connectivity index (χ1v) is 32.1. The summed E-state index contributed by atoms with van der Waals surface area (Å²) in [5, 5.41) is 32.1. The quantitative estimate of drug-likeness (QED) is 0.0484. The molecule has 0 saturated carbocycles. The van der Waals surface area contributed by atoms with Gasteiger partial charge in [-0.2, -0.15) is 0 Å². The van der Waals surface area contributed by atoms with E-state index in [0.717, 1.165) is 17.3 Å². The lowest BCUT2D eigenvalue weighted by Gasteiger charge is -2.38. The van der Waals surface area contributed by atoms with Crippen molar-refractivity contribution in [1.82, 2.24) is 45.5 Å². The molecule has 4 aromatic carbocycles. The molecule has 0 aliphatic carbocycles. The second kappa shape index (κ2) is 29.0. The number of carbonyl (C=O) groups is 7. The Morgan fingerprint density at radius 1 is 0.691 bits per heavy atom. The van der Waals surface area contributed by atoms with Gasteiger partial charge in [0.2, 0.25) is 5.91 Å². The van der Waals surface area contributed by atoms with Gasteiger partial charge in [0, 0.05) is 145 Å². The van der Waals surface area contributed by atoms with Crippen LogP contribution in [0.5, 0.6) is 0 Å². The number of urea groups is 2. The zero-order chi connectivity index (χ0) is 69.0. The highest BCUT2D eigenvalue weighted by atomic mass is 35.5. The number of aliphatic carboxylic acids is 1. The predicted octanol–water partition coefficient (Wildman–Crippen LogP) is 7.77. The third kappa shape index (κ3) is 14.8. The second-order valence-electron chi connectivity index (χ2n) is 22.7. The van der Waals surface area contributed by atoms with Crippen molar-refractivity contribution < 1.29 is 66.1 Å². The summed E-state index contributed by atoms with van der Waals surface area (Å²) in [5.41, 5.74) is 4.09. The number of fused-ring (bicyclic) bond motifs is 2. The van der Waals surface area contributed by atoms with Crippen molar-refractivity contribution in [2.45, 2.75) is 56.4 Å². The number of aryl methyl sites for hydroxylation is 1. The van der Waals surface area contributed by atoms with Crippen molar-refractivity contribution in [2.24, 2.45) is 9.98 Å². The van der Waals surface area contributed by atoms with Crippen LogP contribution in [0.15, 0.2) is 141 Å². The van der Waals surface area contributed by atoms with Gasteiger partial charge in [0.15, 0.2) is 21.7 Å². The topological polar surface area (TPSA) is 284 Å². The van der Waals surface area contributed by atoms with Crippen molar-refractivity contribution in [2.75, 3.05) is 89.4 Å². The molecular formula is C64H63Cl2F2N13O11S2. The number of carbonyl (C=O) groups excluding carboxylic acids is 5. The van der Waals surface area contributed by atoms with Crippen LogP contribution in [-0.4, -0.2) is 191 Å². The third-order valence-electron chi connectivity index (χ3n) is 16.6. The first-order valence-electron chi connectivity index (χ1n) is 31.1. The van der Waals surface area contributed by atoms with Gasteiger partial charge < -0.3 is 45.4 Å². The molecule has 4 saturated heterocycles. The van der Waals surface area contributed by atoms with Crippen LogP contribution >= 0.6 is 45.9 Å². The molecule has 30 heteroatoms. The molecule has 5 N–H and O–H groups in total. The predicted molar refractivity (Wildman–Crippen MR) is 347 cm³/mol. The average molecular weight is 1370 g/mol. The fraction of sp³-hybridized carbons (Fsp3) is 0.328. The van der Waals surface area contributed by atoms with Gasteiger partial charge in [0.1, 0.15) is 23.7 Å². The third-order valence-corrected chi connectivity index (χ3v) is 18.8. The Kier molecular flexibility index (Phi) is 19.2. The van der Waals surface area contributed by atoms with Crippen molar-refractivity contribution >= 4 is 111 Å². The average Bonchev–Trinajstić information content (AvgIpc) is 1.49. The molecule has 0 unspecified atom stereocenters. The van der Waals surface area contributed by atoms with Crippen LogP contribution in [-0.2, 0) is 35.1 Å². The van der Waals surface area contributed by atoms with E-state index in [1.165, 1.54) is 72.2 Å². The van der Waals surface area contributed by atoms with E-state index < -0.39 is 60.7 Å². The van der Waals surface area contributed by atoms with Gasteiger partial charge in [0.05, 0.1) is 53.5 Å². The largest absolute Gasteiger partial charge is 0.481 e. The number of halogens is 4. The smallest absolute Gasteiger partial charge is 0.338 e. The van der Waals surface area contributed by atoms with E-state index in [4.69, 9.17) is 46.9 Å². The maximum atomic E-state index is 14.0. The highest BCUT2D eigenvalue weighted by molar-refractivity contribution is 7.12. The van der Waals surface area contributed by atoms with E-state index in [1.54, 1.807) is 51.5 Å². The number of methoxy groups -OCH3 is 2. The first-order chi connectivity index (χ1) is 46.4. The normalized spacial score (nSPS) is 20.7. The molecule has 0 radical (unpaired) electrons. The van der Waals surface area contributed by atoms with Crippen molar-refractivity contribution in [3.63, 3.8) is 0 Å². The number of benzene rings is 4. The number of hydrogen-bond acceptors (Lipinski definition) is 19. The van der Waals surface area contributed by atoms with E-state index >= 15 is 0 Å². The Bertz CT molecular complexity index is 4150. The molecule has 0 bridgehead atoms. The van der Waals surface area contributed by atoms with Gasteiger partial charge in [-0.05, 0) is 79.6 Å². The monoisotopic (exact) mass is 1360 g/mol. The number of amides is 5. The minimum absolute atomic E-state index is 0.0118. The number of carboxylic acid groups (broad SMARTS) is 2. The molecule has 490 valence electrons. The molecule has 4 fully saturated rings. The van der Waals surface area contributed by atoms with Gasteiger partial charge >= 0.3 is 35.9 Å². The maximum absolute atomic E-state index is 14.0. The lowest BCUT2D eigenvalue weighted by Crippen LogP contribution is -2.53. The van der Waals surface area contributed by atoms with Gasteiger partial charge in [0.25, 0.3) is 0 Å². The lowest BCUT2D eigenvalue weighted by atomic mass is 9.95. The van der Waals surface area contributed by atoms with Crippen LogP contribution < -0.4 is 25.8 Å². The fourth-order valence-electron chi connectivity index (χ4n) is 12.1. The fourth-order valence-corrected chi connectivity index (χ4v) is 13.9. The first kappa shape index (κ1) is 62.3. The highest BCUT2D eigenvalue weighted by Gasteiger charge is 2.45. The minimum Gasteiger partial charge on any atom is -0.481 e. The SMILES string of the molecule is COC(=O)C1=C(CN2CCN3C(=O)N(c4ccc(CCC(=O)N[C@H](C)CC(=O)O)cc4)C[C@@H]3C2)NC(c2nccs2)=N[C@H]1c1ccc(F)cc1Cl.[2H]C([2H])([2H])OC(=O)C1=C(CN2CCN3C(=O)N(c4ccc(C(=O)O)cc4)C[C@@H]3C2)NC(c2nccs2)=N[C@H]1c1ccc(F)cc1Cl. The zero-order valence-electron chi connectivity index (χ0n) is 53.3. The van der Waals surface area contributed by atoms with E-state index in [0.29, 0.717) is 110 Å². The Labute approximate surface area is 560 Å².